The smallest absolute Gasteiger partial charge is 0.142 e. The highest BCUT2D eigenvalue weighted by molar-refractivity contribution is 6.31. The van der Waals surface area contributed by atoms with Gasteiger partial charge in [-0.15, -0.1) is 0 Å². The second kappa shape index (κ2) is 6.18. The normalized spacial score (nSPS) is 14.8. The van der Waals surface area contributed by atoms with Crippen molar-refractivity contribution in [1.82, 2.24) is 5.32 Å². The summed E-state index contributed by atoms with van der Waals surface area (Å²) in [7, 11) is 3.51. The summed E-state index contributed by atoms with van der Waals surface area (Å²) >= 11 is 5.90. The molecule has 90 valence electrons. The maximum atomic E-state index is 13.2. The zero-order valence-electron chi connectivity index (χ0n) is 9.76. The van der Waals surface area contributed by atoms with E-state index in [0.29, 0.717) is 6.42 Å². The molecule has 0 aromatic heterocycles. The molecule has 2 nitrogen and oxygen atoms in total. The van der Waals surface area contributed by atoms with Gasteiger partial charge < -0.3 is 10.1 Å². The standard InChI is InChI=1S/C12H17ClFNO/c1-8(16-3)11(15-2)7-9-5-4-6-10(14)12(9)13/h4-6,8,11,15H,7H2,1-3H3. The first-order valence-electron chi connectivity index (χ1n) is 5.23. The molecule has 2 atom stereocenters. The minimum atomic E-state index is -0.376. The van der Waals surface area contributed by atoms with Crippen LogP contribution in [-0.2, 0) is 11.2 Å². The van der Waals surface area contributed by atoms with Gasteiger partial charge in [0.2, 0.25) is 0 Å². The van der Waals surface area contributed by atoms with Crippen molar-refractivity contribution in [3.8, 4) is 0 Å². The van der Waals surface area contributed by atoms with Crippen molar-refractivity contribution in [2.24, 2.45) is 0 Å². The maximum Gasteiger partial charge on any atom is 0.142 e. The van der Waals surface area contributed by atoms with Gasteiger partial charge in [-0.3, -0.25) is 0 Å². The lowest BCUT2D eigenvalue weighted by Gasteiger charge is -2.22. The third-order valence-electron chi connectivity index (χ3n) is 2.78. The van der Waals surface area contributed by atoms with E-state index in [2.05, 4.69) is 5.32 Å². The van der Waals surface area contributed by atoms with Gasteiger partial charge in [0, 0.05) is 13.2 Å². The number of hydrogen-bond acceptors (Lipinski definition) is 2. The SMILES string of the molecule is CNC(Cc1cccc(F)c1Cl)C(C)OC. The molecule has 0 saturated heterocycles. The Balaban J connectivity index is 2.82. The van der Waals surface area contributed by atoms with Crippen LogP contribution in [0.25, 0.3) is 0 Å². The van der Waals surface area contributed by atoms with Gasteiger partial charge in [-0.05, 0) is 32.0 Å². The molecule has 0 bridgehead atoms. The van der Waals surface area contributed by atoms with E-state index in [1.807, 2.05) is 20.0 Å². The average Bonchev–Trinajstić information content (AvgIpc) is 2.30. The van der Waals surface area contributed by atoms with Crippen LogP contribution < -0.4 is 5.32 Å². The van der Waals surface area contributed by atoms with Crippen LogP contribution in [0.15, 0.2) is 18.2 Å². The van der Waals surface area contributed by atoms with Crippen molar-refractivity contribution in [3.05, 3.63) is 34.6 Å². The molecule has 16 heavy (non-hydrogen) atoms. The number of halogens is 2. The lowest BCUT2D eigenvalue weighted by Crippen LogP contribution is -2.38. The van der Waals surface area contributed by atoms with Gasteiger partial charge in [0.25, 0.3) is 0 Å². The van der Waals surface area contributed by atoms with Gasteiger partial charge in [0.15, 0.2) is 0 Å². The minimum absolute atomic E-state index is 0.0457. The van der Waals surface area contributed by atoms with Crippen molar-refractivity contribution in [1.29, 1.82) is 0 Å². The van der Waals surface area contributed by atoms with Crippen LogP contribution in [0.4, 0.5) is 4.39 Å². The summed E-state index contributed by atoms with van der Waals surface area (Å²) in [5.74, 6) is -0.376. The van der Waals surface area contributed by atoms with E-state index in [1.165, 1.54) is 6.07 Å². The maximum absolute atomic E-state index is 13.2. The number of hydrogen-bond donors (Lipinski definition) is 1. The molecule has 0 spiro atoms. The molecule has 0 aliphatic rings. The summed E-state index contributed by atoms with van der Waals surface area (Å²) in [4.78, 5) is 0. The lowest BCUT2D eigenvalue weighted by atomic mass is 10.0. The lowest BCUT2D eigenvalue weighted by molar-refractivity contribution is 0.0857. The Bertz CT molecular complexity index is 346. The Morgan fingerprint density at radius 3 is 2.75 bits per heavy atom. The fourth-order valence-electron chi connectivity index (χ4n) is 1.61. The summed E-state index contributed by atoms with van der Waals surface area (Å²) in [6.45, 7) is 1.97. The Morgan fingerprint density at radius 2 is 2.19 bits per heavy atom. The molecule has 0 fully saturated rings. The number of methoxy groups -OCH3 is 1. The van der Waals surface area contributed by atoms with Crippen LogP contribution >= 0.6 is 11.6 Å². The molecule has 0 radical (unpaired) electrons. The summed E-state index contributed by atoms with van der Waals surface area (Å²) in [5, 5.41) is 3.34. The van der Waals surface area contributed by atoms with E-state index < -0.39 is 0 Å². The first-order valence-corrected chi connectivity index (χ1v) is 5.61. The van der Waals surface area contributed by atoms with Gasteiger partial charge in [-0.2, -0.15) is 0 Å². The third kappa shape index (κ3) is 3.17. The first-order chi connectivity index (χ1) is 7.60. The van der Waals surface area contributed by atoms with E-state index in [4.69, 9.17) is 16.3 Å². The molecule has 0 aliphatic carbocycles. The monoisotopic (exact) mass is 245 g/mol. The van der Waals surface area contributed by atoms with E-state index in [0.717, 1.165) is 5.56 Å². The van der Waals surface area contributed by atoms with Crippen LogP contribution in [0.3, 0.4) is 0 Å². The molecule has 2 unspecified atom stereocenters. The van der Waals surface area contributed by atoms with Crippen molar-refractivity contribution in [2.75, 3.05) is 14.2 Å². The minimum Gasteiger partial charge on any atom is -0.380 e. The fraction of sp³-hybridized carbons (Fsp3) is 0.500. The van der Waals surface area contributed by atoms with E-state index in [9.17, 15) is 4.39 Å². The van der Waals surface area contributed by atoms with Crippen LogP contribution in [0, 0.1) is 5.82 Å². The third-order valence-corrected chi connectivity index (χ3v) is 3.20. The van der Waals surface area contributed by atoms with Crippen molar-refractivity contribution >= 4 is 11.6 Å². The van der Waals surface area contributed by atoms with Crippen LogP contribution in [0.5, 0.6) is 0 Å². The predicted octanol–water partition coefficient (Wildman–Crippen LogP) is 2.64. The summed E-state index contributed by atoms with van der Waals surface area (Å²) in [6, 6.07) is 4.98. The highest BCUT2D eigenvalue weighted by Gasteiger charge is 2.17. The van der Waals surface area contributed by atoms with Crippen LogP contribution in [-0.4, -0.2) is 26.3 Å². The summed E-state index contributed by atoms with van der Waals surface area (Å²) < 4.78 is 18.5. The van der Waals surface area contributed by atoms with E-state index in [1.54, 1.807) is 13.2 Å². The number of nitrogens with one attached hydrogen (secondary N) is 1. The molecule has 1 aromatic carbocycles. The van der Waals surface area contributed by atoms with E-state index >= 15 is 0 Å². The Labute approximate surface area is 101 Å². The number of ether oxygens (including phenoxy) is 1. The molecule has 1 aromatic rings. The Kier molecular flexibility index (Phi) is 5.19. The molecule has 0 aliphatic heterocycles. The highest BCUT2D eigenvalue weighted by Crippen LogP contribution is 2.21. The largest absolute Gasteiger partial charge is 0.380 e. The van der Waals surface area contributed by atoms with Gasteiger partial charge in [0.05, 0.1) is 11.1 Å². The second-order valence-corrected chi connectivity index (χ2v) is 4.13. The Hall–Kier alpha value is -0.640. The summed E-state index contributed by atoms with van der Waals surface area (Å²) in [6.07, 6.45) is 0.687. The number of benzene rings is 1. The molecule has 0 amide bonds. The zero-order valence-corrected chi connectivity index (χ0v) is 10.5. The van der Waals surface area contributed by atoms with Crippen molar-refractivity contribution in [2.45, 2.75) is 25.5 Å². The van der Waals surface area contributed by atoms with Gasteiger partial charge in [-0.25, -0.2) is 4.39 Å². The van der Waals surface area contributed by atoms with Crippen molar-refractivity contribution in [3.63, 3.8) is 0 Å². The molecule has 1 rings (SSSR count). The molecular formula is C12H17ClFNO. The molecule has 0 saturated carbocycles. The van der Waals surface area contributed by atoms with Gasteiger partial charge >= 0.3 is 0 Å². The van der Waals surface area contributed by atoms with Crippen LogP contribution in [0.2, 0.25) is 5.02 Å². The van der Waals surface area contributed by atoms with Gasteiger partial charge in [0.1, 0.15) is 5.82 Å². The molecular weight excluding hydrogens is 229 g/mol. The van der Waals surface area contributed by atoms with Gasteiger partial charge in [-0.1, -0.05) is 23.7 Å². The zero-order chi connectivity index (χ0) is 12.1. The van der Waals surface area contributed by atoms with Crippen molar-refractivity contribution < 1.29 is 9.13 Å². The second-order valence-electron chi connectivity index (χ2n) is 3.75. The highest BCUT2D eigenvalue weighted by atomic mass is 35.5. The first kappa shape index (κ1) is 13.4. The topological polar surface area (TPSA) is 21.3 Å². The number of likely N-dealkylation sites (N-methyl/N-ethyl adjacent to an activating group) is 1. The van der Waals surface area contributed by atoms with Crippen LogP contribution in [0.1, 0.15) is 12.5 Å². The molecule has 0 heterocycles. The number of rotatable bonds is 5. The van der Waals surface area contributed by atoms with E-state index in [-0.39, 0.29) is 23.0 Å². The molecule has 1 N–H and O–H groups in total. The Morgan fingerprint density at radius 1 is 1.50 bits per heavy atom. The fourth-order valence-corrected chi connectivity index (χ4v) is 1.81. The average molecular weight is 246 g/mol. The quantitative estimate of drug-likeness (QED) is 0.861. The molecule has 4 heteroatoms. The predicted molar refractivity (Wildman–Crippen MR) is 64.4 cm³/mol. The summed E-state index contributed by atoms with van der Waals surface area (Å²) in [5.41, 5.74) is 0.796.